The summed E-state index contributed by atoms with van der Waals surface area (Å²) in [5.41, 5.74) is 0.137. The molecule has 0 radical (unpaired) electrons. The molecule has 2 atom stereocenters. The van der Waals surface area contributed by atoms with Crippen molar-refractivity contribution in [1.82, 2.24) is 10.6 Å². The zero-order chi connectivity index (χ0) is 14.3. The van der Waals surface area contributed by atoms with Gasteiger partial charge in [0.15, 0.2) is 0 Å². The van der Waals surface area contributed by atoms with Gasteiger partial charge in [-0.15, -0.1) is 0 Å². The lowest BCUT2D eigenvalue weighted by Crippen LogP contribution is -2.42. The van der Waals surface area contributed by atoms with Crippen LogP contribution in [0.2, 0.25) is 0 Å². The molecule has 1 rings (SSSR count). The molecule has 1 fully saturated rings. The second-order valence-electron chi connectivity index (χ2n) is 6.19. The molecule has 112 valence electrons. The van der Waals surface area contributed by atoms with Crippen LogP contribution < -0.4 is 10.6 Å². The van der Waals surface area contributed by atoms with Crippen LogP contribution in [0.5, 0.6) is 0 Å². The van der Waals surface area contributed by atoms with Crippen LogP contribution in [0.3, 0.4) is 0 Å². The molecule has 1 saturated heterocycles. The number of amides is 2. The van der Waals surface area contributed by atoms with Crippen LogP contribution in [0.25, 0.3) is 0 Å². The van der Waals surface area contributed by atoms with E-state index in [0.717, 1.165) is 31.7 Å². The van der Waals surface area contributed by atoms with E-state index in [-0.39, 0.29) is 17.6 Å². The number of hydrogen-bond acceptors (Lipinski definition) is 3. The topological polar surface area (TPSA) is 50.4 Å². The number of rotatable bonds is 6. The summed E-state index contributed by atoms with van der Waals surface area (Å²) in [4.78, 5) is 11.6. The fourth-order valence-electron chi connectivity index (χ4n) is 2.50. The molecule has 0 saturated carbocycles. The van der Waals surface area contributed by atoms with E-state index in [1.807, 2.05) is 0 Å². The van der Waals surface area contributed by atoms with Gasteiger partial charge in [0.2, 0.25) is 0 Å². The van der Waals surface area contributed by atoms with Gasteiger partial charge in [-0.1, -0.05) is 20.8 Å². The molecule has 2 amide bonds. The summed E-state index contributed by atoms with van der Waals surface area (Å²) < 4.78 is 5.80. The largest absolute Gasteiger partial charge is 0.377 e. The van der Waals surface area contributed by atoms with Gasteiger partial charge >= 0.3 is 6.03 Å². The molecule has 4 nitrogen and oxygen atoms in total. The molecule has 0 aromatic rings. The van der Waals surface area contributed by atoms with E-state index in [1.165, 1.54) is 0 Å². The van der Waals surface area contributed by atoms with Crippen LogP contribution >= 0.6 is 11.8 Å². The molecular weight excluding hydrogens is 260 g/mol. The normalized spacial score (nSPS) is 23.4. The van der Waals surface area contributed by atoms with E-state index in [1.54, 1.807) is 11.8 Å². The number of nitrogens with one attached hydrogen (secondary N) is 2. The number of urea groups is 1. The van der Waals surface area contributed by atoms with Crippen LogP contribution in [0, 0.1) is 11.3 Å². The molecule has 0 aromatic carbocycles. The molecule has 0 aliphatic carbocycles. The summed E-state index contributed by atoms with van der Waals surface area (Å²) in [5.74, 6) is 1.51. The molecular formula is C14H28N2O2S. The first-order chi connectivity index (χ1) is 8.95. The fourth-order valence-corrected chi connectivity index (χ4v) is 2.94. The highest BCUT2D eigenvalue weighted by Crippen LogP contribution is 2.34. The Balaban J connectivity index is 2.22. The SMILES string of the molecule is CSCCCNC(=O)NC[C@H]1CCO[C@@H]1C(C)(C)C. The third kappa shape index (κ3) is 6.04. The Bertz CT molecular complexity index is 279. The van der Waals surface area contributed by atoms with Gasteiger partial charge in [0, 0.05) is 25.6 Å². The minimum atomic E-state index is -0.0549. The Hall–Kier alpha value is -0.420. The highest BCUT2D eigenvalue weighted by atomic mass is 32.2. The number of thioether (sulfide) groups is 1. The summed E-state index contributed by atoms with van der Waals surface area (Å²) in [6, 6.07) is -0.0549. The lowest BCUT2D eigenvalue weighted by Gasteiger charge is -2.31. The number of carbonyl (C=O) groups is 1. The third-order valence-corrected chi connectivity index (χ3v) is 4.10. The summed E-state index contributed by atoms with van der Waals surface area (Å²) in [6.07, 6.45) is 4.37. The molecule has 0 aromatic heterocycles. The smallest absolute Gasteiger partial charge is 0.314 e. The zero-order valence-electron chi connectivity index (χ0n) is 12.6. The standard InChI is InChI=1S/C14H28N2O2S/c1-14(2,3)12-11(6-8-18-12)10-16-13(17)15-7-5-9-19-4/h11-12H,5-10H2,1-4H3,(H2,15,16,17)/t11-,12+/m1/s1. The first kappa shape index (κ1) is 16.6. The fraction of sp³-hybridized carbons (Fsp3) is 0.929. The quantitative estimate of drug-likeness (QED) is 0.738. The summed E-state index contributed by atoms with van der Waals surface area (Å²) in [7, 11) is 0. The Morgan fingerprint density at radius 1 is 1.37 bits per heavy atom. The first-order valence-electron chi connectivity index (χ1n) is 7.07. The van der Waals surface area contributed by atoms with E-state index in [0.29, 0.717) is 12.5 Å². The predicted octanol–water partition coefficient (Wildman–Crippen LogP) is 2.49. The summed E-state index contributed by atoms with van der Waals surface area (Å²) in [6.45, 7) is 8.84. The average Bonchev–Trinajstić information content (AvgIpc) is 2.80. The van der Waals surface area contributed by atoms with Gasteiger partial charge < -0.3 is 15.4 Å². The van der Waals surface area contributed by atoms with E-state index >= 15 is 0 Å². The number of hydrogen-bond donors (Lipinski definition) is 2. The molecule has 2 N–H and O–H groups in total. The molecule has 5 heteroatoms. The summed E-state index contributed by atoms with van der Waals surface area (Å²) in [5, 5.41) is 5.86. The Labute approximate surface area is 121 Å². The van der Waals surface area contributed by atoms with Crippen molar-refractivity contribution in [2.45, 2.75) is 39.7 Å². The van der Waals surface area contributed by atoms with Crippen LogP contribution in [0.1, 0.15) is 33.6 Å². The van der Waals surface area contributed by atoms with Crippen molar-refractivity contribution in [2.24, 2.45) is 11.3 Å². The van der Waals surface area contributed by atoms with Crippen LogP contribution in [0.15, 0.2) is 0 Å². The molecule has 1 aliphatic heterocycles. The molecule has 19 heavy (non-hydrogen) atoms. The van der Waals surface area contributed by atoms with Gasteiger partial charge in [0.25, 0.3) is 0 Å². The second-order valence-corrected chi connectivity index (χ2v) is 7.17. The Morgan fingerprint density at radius 3 is 2.74 bits per heavy atom. The van der Waals surface area contributed by atoms with Gasteiger partial charge in [-0.2, -0.15) is 11.8 Å². The molecule has 1 heterocycles. The van der Waals surface area contributed by atoms with Gasteiger partial charge in [-0.05, 0) is 30.3 Å². The van der Waals surface area contributed by atoms with Crippen LogP contribution in [-0.4, -0.2) is 43.8 Å². The average molecular weight is 288 g/mol. The van der Waals surface area contributed by atoms with E-state index in [4.69, 9.17) is 4.74 Å². The van der Waals surface area contributed by atoms with Crippen molar-refractivity contribution in [1.29, 1.82) is 0 Å². The Kier molecular flexibility index (Phi) is 7.00. The summed E-state index contributed by atoms with van der Waals surface area (Å²) >= 11 is 1.80. The Morgan fingerprint density at radius 2 is 2.11 bits per heavy atom. The zero-order valence-corrected chi connectivity index (χ0v) is 13.4. The maximum atomic E-state index is 11.6. The third-order valence-electron chi connectivity index (χ3n) is 3.40. The van der Waals surface area contributed by atoms with Crippen molar-refractivity contribution < 1.29 is 9.53 Å². The lowest BCUT2D eigenvalue weighted by molar-refractivity contribution is 0.00775. The van der Waals surface area contributed by atoms with Crippen LogP contribution in [0.4, 0.5) is 4.79 Å². The van der Waals surface area contributed by atoms with Crippen molar-refractivity contribution in [3.8, 4) is 0 Å². The minimum absolute atomic E-state index is 0.0549. The predicted molar refractivity (Wildman–Crippen MR) is 81.7 cm³/mol. The maximum Gasteiger partial charge on any atom is 0.314 e. The molecule has 1 aliphatic rings. The van der Waals surface area contributed by atoms with Crippen LogP contribution in [-0.2, 0) is 4.74 Å². The van der Waals surface area contributed by atoms with Crippen molar-refractivity contribution in [3.05, 3.63) is 0 Å². The highest BCUT2D eigenvalue weighted by molar-refractivity contribution is 7.98. The first-order valence-corrected chi connectivity index (χ1v) is 8.46. The van der Waals surface area contributed by atoms with Crippen molar-refractivity contribution >= 4 is 17.8 Å². The monoisotopic (exact) mass is 288 g/mol. The molecule has 0 unspecified atom stereocenters. The van der Waals surface area contributed by atoms with Crippen molar-refractivity contribution in [3.63, 3.8) is 0 Å². The van der Waals surface area contributed by atoms with Gasteiger partial charge in [-0.3, -0.25) is 0 Å². The molecule has 0 spiro atoms. The van der Waals surface area contributed by atoms with Gasteiger partial charge in [0.05, 0.1) is 6.10 Å². The van der Waals surface area contributed by atoms with Crippen molar-refractivity contribution in [2.75, 3.05) is 31.7 Å². The number of carbonyl (C=O) groups excluding carboxylic acids is 1. The maximum absolute atomic E-state index is 11.6. The van der Waals surface area contributed by atoms with Gasteiger partial charge in [-0.25, -0.2) is 4.79 Å². The highest BCUT2D eigenvalue weighted by Gasteiger charge is 2.37. The van der Waals surface area contributed by atoms with E-state index < -0.39 is 0 Å². The second kappa shape index (κ2) is 8.00. The van der Waals surface area contributed by atoms with E-state index in [2.05, 4.69) is 37.7 Å². The minimum Gasteiger partial charge on any atom is -0.377 e. The molecule has 0 bridgehead atoms. The lowest BCUT2D eigenvalue weighted by atomic mass is 9.81. The van der Waals surface area contributed by atoms with Gasteiger partial charge in [0.1, 0.15) is 0 Å². The van der Waals surface area contributed by atoms with E-state index in [9.17, 15) is 4.79 Å². The number of ether oxygens (including phenoxy) is 1.